The zero-order valence-corrected chi connectivity index (χ0v) is 24.7. The van der Waals surface area contributed by atoms with E-state index in [1.807, 2.05) is 58.0 Å². The molecule has 2 saturated heterocycles. The summed E-state index contributed by atoms with van der Waals surface area (Å²) in [5.74, 6) is -2.50. The van der Waals surface area contributed by atoms with Crippen molar-refractivity contribution in [1.82, 2.24) is 26.2 Å². The lowest BCUT2D eigenvalue weighted by Gasteiger charge is -2.31. The maximum atomic E-state index is 14.0. The first-order valence-electron chi connectivity index (χ1n) is 14.8. The summed E-state index contributed by atoms with van der Waals surface area (Å²) in [6.07, 6.45) is 2.39. The maximum absolute atomic E-state index is 14.0. The topological polar surface area (TPSA) is 163 Å². The molecule has 0 aliphatic carbocycles. The molecule has 0 spiro atoms. The molecule has 41 heavy (non-hydrogen) atoms. The van der Waals surface area contributed by atoms with Crippen molar-refractivity contribution in [3.63, 3.8) is 0 Å². The van der Waals surface area contributed by atoms with Gasteiger partial charge in [-0.05, 0) is 56.0 Å². The van der Waals surface area contributed by atoms with Gasteiger partial charge in [-0.1, -0.05) is 58.0 Å². The summed E-state index contributed by atoms with van der Waals surface area (Å²) in [7, 11) is 0. The molecule has 0 aromatic heterocycles. The van der Waals surface area contributed by atoms with Gasteiger partial charge in [0.25, 0.3) is 0 Å². The van der Waals surface area contributed by atoms with Crippen LogP contribution in [0.5, 0.6) is 0 Å². The number of fused-ring (bicyclic) bond motifs is 1. The fourth-order valence-electron chi connectivity index (χ4n) is 5.44. The summed E-state index contributed by atoms with van der Waals surface area (Å²) < 4.78 is 0. The molecule has 2 aliphatic rings. The van der Waals surface area contributed by atoms with Crippen LogP contribution in [0.25, 0.3) is 0 Å². The molecule has 6 N–H and O–H groups in total. The van der Waals surface area contributed by atoms with Crippen molar-refractivity contribution < 1.29 is 24.0 Å². The monoisotopic (exact) mass is 570 g/mol. The van der Waals surface area contributed by atoms with Crippen molar-refractivity contribution >= 4 is 29.5 Å². The zero-order valence-electron chi connectivity index (χ0n) is 24.7. The number of carbonyl (C=O) groups is 5. The minimum absolute atomic E-state index is 0.0589. The van der Waals surface area contributed by atoms with Crippen LogP contribution >= 0.6 is 0 Å². The van der Waals surface area contributed by atoms with Gasteiger partial charge in [-0.25, -0.2) is 0 Å². The number of carbonyl (C=O) groups excluding carboxylic acids is 5. The third-order valence-corrected chi connectivity index (χ3v) is 7.65. The Kier molecular flexibility index (Phi) is 11.7. The molecule has 2 heterocycles. The van der Waals surface area contributed by atoms with Gasteiger partial charge in [-0.15, -0.1) is 0 Å². The van der Waals surface area contributed by atoms with Crippen molar-refractivity contribution in [2.24, 2.45) is 17.6 Å². The summed E-state index contributed by atoms with van der Waals surface area (Å²) in [5, 5.41) is 11.4. The van der Waals surface area contributed by atoms with Gasteiger partial charge in [0.2, 0.25) is 29.5 Å². The van der Waals surface area contributed by atoms with E-state index >= 15 is 0 Å². The van der Waals surface area contributed by atoms with Crippen LogP contribution in [0.2, 0.25) is 0 Å². The quantitative estimate of drug-likeness (QED) is 0.308. The summed E-state index contributed by atoms with van der Waals surface area (Å²) in [4.78, 5) is 69.5. The van der Waals surface area contributed by atoms with Crippen LogP contribution < -0.4 is 27.0 Å². The molecule has 2 aliphatic heterocycles. The average Bonchev–Trinajstić information content (AvgIpc) is 3.42. The minimum Gasteiger partial charge on any atom is -0.343 e. The lowest BCUT2D eigenvalue weighted by atomic mass is 9.99. The van der Waals surface area contributed by atoms with E-state index in [0.29, 0.717) is 38.8 Å². The Morgan fingerprint density at radius 1 is 0.829 bits per heavy atom. The molecule has 11 nitrogen and oxygen atoms in total. The minimum atomic E-state index is -0.943. The highest BCUT2D eigenvalue weighted by molar-refractivity contribution is 5.98. The second kappa shape index (κ2) is 15.0. The Balaban J connectivity index is 2.04. The molecule has 1 aromatic carbocycles. The molecular weight excluding hydrogens is 524 g/mol. The standard InChI is InChI=1S/C30H46N6O5/c1-18(2)16-22-27(38)34-23(17-20-10-6-5-7-11-20)30(41)36-15-9-13-24(36)28(39)35-25(19(3)4)29(40)32-21(12-8-14-31)26(37)33-22/h5-7,10-11,18-19,21-25H,8-9,12-17,31H2,1-4H3,(H,32,40)(H,33,37)(H,34,38)(H,35,39)/t21-,22+,23-,24+,25+/m1/s1. The van der Waals surface area contributed by atoms with Crippen molar-refractivity contribution in [1.29, 1.82) is 0 Å². The van der Waals surface area contributed by atoms with Crippen LogP contribution in [0.4, 0.5) is 0 Å². The molecule has 1 aromatic rings. The number of benzene rings is 1. The smallest absolute Gasteiger partial charge is 0.246 e. The lowest BCUT2D eigenvalue weighted by Crippen LogP contribution is -2.58. The van der Waals surface area contributed by atoms with E-state index in [0.717, 1.165) is 5.56 Å². The van der Waals surface area contributed by atoms with E-state index in [9.17, 15) is 24.0 Å². The van der Waals surface area contributed by atoms with Crippen LogP contribution in [0.1, 0.15) is 65.4 Å². The molecule has 11 heteroatoms. The molecule has 5 amide bonds. The molecule has 2 fully saturated rings. The molecular formula is C30H46N6O5. The first-order valence-corrected chi connectivity index (χ1v) is 14.8. The van der Waals surface area contributed by atoms with E-state index in [1.54, 1.807) is 0 Å². The van der Waals surface area contributed by atoms with Crippen molar-refractivity contribution in [2.45, 2.75) is 96.4 Å². The van der Waals surface area contributed by atoms with Gasteiger partial charge < -0.3 is 31.9 Å². The summed E-state index contributed by atoms with van der Waals surface area (Å²) in [6, 6.07) is 4.86. The van der Waals surface area contributed by atoms with Gasteiger partial charge in [0.15, 0.2) is 0 Å². The van der Waals surface area contributed by atoms with Crippen LogP contribution in [-0.2, 0) is 30.4 Å². The molecule has 226 valence electrons. The number of amides is 5. The number of hydrogen-bond donors (Lipinski definition) is 5. The van der Waals surface area contributed by atoms with Gasteiger partial charge >= 0.3 is 0 Å². The van der Waals surface area contributed by atoms with Crippen LogP contribution in [0.3, 0.4) is 0 Å². The molecule has 0 radical (unpaired) electrons. The Morgan fingerprint density at radius 3 is 2.10 bits per heavy atom. The van der Waals surface area contributed by atoms with Gasteiger partial charge in [0.05, 0.1) is 0 Å². The Bertz CT molecular complexity index is 1080. The molecule has 5 atom stereocenters. The highest BCUT2D eigenvalue weighted by Gasteiger charge is 2.41. The summed E-state index contributed by atoms with van der Waals surface area (Å²) in [6.45, 7) is 8.18. The van der Waals surface area contributed by atoms with Gasteiger partial charge in [-0.2, -0.15) is 0 Å². The Morgan fingerprint density at radius 2 is 1.46 bits per heavy atom. The number of nitrogens with two attached hydrogens (primary N) is 1. The van der Waals surface area contributed by atoms with Gasteiger partial charge in [0.1, 0.15) is 30.2 Å². The number of nitrogens with one attached hydrogen (secondary N) is 4. The first-order chi connectivity index (χ1) is 19.5. The van der Waals surface area contributed by atoms with Crippen molar-refractivity contribution in [2.75, 3.05) is 13.1 Å². The third-order valence-electron chi connectivity index (χ3n) is 7.65. The normalized spacial score (nSPS) is 26.6. The predicted molar refractivity (Wildman–Crippen MR) is 155 cm³/mol. The number of rotatable bonds is 8. The van der Waals surface area contributed by atoms with E-state index in [-0.39, 0.29) is 30.6 Å². The van der Waals surface area contributed by atoms with E-state index in [1.165, 1.54) is 4.90 Å². The molecule has 3 rings (SSSR count). The highest BCUT2D eigenvalue weighted by Crippen LogP contribution is 2.21. The molecule has 0 bridgehead atoms. The van der Waals surface area contributed by atoms with Crippen LogP contribution in [-0.4, -0.2) is 77.7 Å². The van der Waals surface area contributed by atoms with Crippen molar-refractivity contribution in [3.8, 4) is 0 Å². The maximum Gasteiger partial charge on any atom is 0.246 e. The Labute approximate surface area is 242 Å². The third kappa shape index (κ3) is 8.76. The fraction of sp³-hybridized carbons (Fsp3) is 0.633. The fourth-order valence-corrected chi connectivity index (χ4v) is 5.44. The molecule has 0 saturated carbocycles. The Hall–Kier alpha value is -3.47. The number of nitrogens with zero attached hydrogens (tertiary/aromatic N) is 1. The predicted octanol–water partition coefficient (Wildman–Crippen LogP) is 0.614. The molecule has 0 unspecified atom stereocenters. The second-order valence-corrected chi connectivity index (χ2v) is 11.9. The first kappa shape index (κ1) is 32.0. The van der Waals surface area contributed by atoms with E-state index in [4.69, 9.17) is 5.73 Å². The van der Waals surface area contributed by atoms with Crippen LogP contribution in [0, 0.1) is 11.8 Å². The van der Waals surface area contributed by atoms with Crippen molar-refractivity contribution in [3.05, 3.63) is 35.9 Å². The SMILES string of the molecule is CC(C)C[C@@H]1NC(=O)[C@@H](CCCN)NC(=O)[C@H](C(C)C)NC(=O)[C@@H]2CCCN2C(=O)[C@@H](Cc2ccccc2)NC1=O. The highest BCUT2D eigenvalue weighted by atomic mass is 16.2. The number of hydrogen-bond acceptors (Lipinski definition) is 6. The van der Waals surface area contributed by atoms with Crippen LogP contribution in [0.15, 0.2) is 30.3 Å². The average molecular weight is 571 g/mol. The largest absolute Gasteiger partial charge is 0.343 e. The zero-order chi connectivity index (χ0) is 30.1. The lowest BCUT2D eigenvalue weighted by molar-refractivity contribution is -0.142. The second-order valence-electron chi connectivity index (χ2n) is 11.9. The van der Waals surface area contributed by atoms with Gasteiger partial charge in [0, 0.05) is 13.0 Å². The van der Waals surface area contributed by atoms with Gasteiger partial charge in [-0.3, -0.25) is 24.0 Å². The van der Waals surface area contributed by atoms with E-state index < -0.39 is 53.8 Å². The summed E-state index contributed by atoms with van der Waals surface area (Å²) in [5.41, 5.74) is 6.55. The summed E-state index contributed by atoms with van der Waals surface area (Å²) >= 11 is 0. The van der Waals surface area contributed by atoms with E-state index in [2.05, 4.69) is 21.3 Å².